The van der Waals surface area contributed by atoms with E-state index < -0.39 is 28.5 Å². The predicted molar refractivity (Wildman–Crippen MR) is 94.0 cm³/mol. The Hall–Kier alpha value is -1.59. The molecule has 1 heterocycles. The Balaban J connectivity index is 1.70. The highest BCUT2D eigenvalue weighted by molar-refractivity contribution is 6.44. The second kappa shape index (κ2) is 5.02. The maximum absolute atomic E-state index is 12.8. The number of allylic oxidation sites excluding steroid dienone is 3. The molecule has 26 heavy (non-hydrogen) atoms. The minimum absolute atomic E-state index is 0.109. The van der Waals surface area contributed by atoms with Gasteiger partial charge in [-0.1, -0.05) is 6.08 Å². The van der Waals surface area contributed by atoms with Gasteiger partial charge in [0.25, 0.3) is 0 Å². The number of rotatable bonds is 2. The van der Waals surface area contributed by atoms with E-state index in [0.29, 0.717) is 19.3 Å². The van der Waals surface area contributed by atoms with E-state index >= 15 is 0 Å². The van der Waals surface area contributed by atoms with Crippen LogP contribution in [0.3, 0.4) is 0 Å². The van der Waals surface area contributed by atoms with Gasteiger partial charge in [-0.2, -0.15) is 0 Å². The average Bonchev–Trinajstić information content (AvgIpc) is 3.39. The van der Waals surface area contributed by atoms with Gasteiger partial charge in [0.1, 0.15) is 17.4 Å². The number of carbonyl (C=O) groups is 3. The highest BCUT2D eigenvalue weighted by Gasteiger charge is 2.72. The molecule has 5 atom stereocenters. The summed E-state index contributed by atoms with van der Waals surface area (Å²) in [6, 6.07) is -0.109. The molecule has 0 aromatic carbocycles. The molecule has 1 saturated heterocycles. The Labute approximate surface area is 153 Å². The first kappa shape index (κ1) is 16.6. The molecule has 0 amide bonds. The van der Waals surface area contributed by atoms with Crippen molar-refractivity contribution in [2.24, 2.45) is 17.3 Å². The van der Waals surface area contributed by atoms with E-state index in [0.717, 1.165) is 29.1 Å². The second-order valence-corrected chi connectivity index (χ2v) is 9.48. The molecule has 1 aliphatic heterocycles. The molecule has 0 spiro atoms. The average molecular weight is 356 g/mol. The van der Waals surface area contributed by atoms with Crippen molar-refractivity contribution in [2.75, 3.05) is 20.1 Å². The van der Waals surface area contributed by atoms with Crippen LogP contribution in [-0.2, 0) is 14.4 Å². The fraction of sp³-hybridized carbons (Fsp3) is 0.667. The third-order valence-electron chi connectivity index (χ3n) is 7.93. The Morgan fingerprint density at radius 3 is 2.69 bits per heavy atom. The number of ketones is 3. The van der Waals surface area contributed by atoms with Crippen molar-refractivity contribution >= 4 is 17.3 Å². The number of fused-ring (bicyclic) bond motifs is 1. The number of Topliss-reactive ketones (excluding diaryl/α,β-unsaturated/α-hetero) is 2. The van der Waals surface area contributed by atoms with Crippen LogP contribution in [0, 0.1) is 17.3 Å². The number of likely N-dealkylation sites (tertiary alicyclic amines) is 1. The Morgan fingerprint density at radius 2 is 1.96 bits per heavy atom. The fourth-order valence-electron chi connectivity index (χ4n) is 6.49. The first-order valence-corrected chi connectivity index (χ1v) is 9.85. The SMILES string of the molecule is C[N+]1(CC2CC2)CCC23CC(=O)CC[C@@]2(O)[C@H]1C=C1C=CC(=O)C(=O)C13. The zero-order valence-corrected chi connectivity index (χ0v) is 15.2. The summed E-state index contributed by atoms with van der Waals surface area (Å²) in [5.41, 5.74) is -1.05. The lowest BCUT2D eigenvalue weighted by Gasteiger charge is -2.65. The lowest BCUT2D eigenvalue weighted by atomic mass is 9.45. The van der Waals surface area contributed by atoms with Gasteiger partial charge in [-0.15, -0.1) is 0 Å². The van der Waals surface area contributed by atoms with Gasteiger partial charge in [-0.05, 0) is 37.0 Å². The van der Waals surface area contributed by atoms with Crippen molar-refractivity contribution in [1.29, 1.82) is 0 Å². The quantitative estimate of drug-likeness (QED) is 0.599. The molecule has 3 unspecified atom stereocenters. The molecule has 0 aromatic heterocycles. The molecule has 138 valence electrons. The van der Waals surface area contributed by atoms with E-state index in [4.69, 9.17) is 0 Å². The van der Waals surface area contributed by atoms with Crippen molar-refractivity contribution in [1.82, 2.24) is 0 Å². The number of aliphatic hydroxyl groups is 1. The van der Waals surface area contributed by atoms with Gasteiger partial charge in [0, 0.05) is 30.6 Å². The third kappa shape index (κ3) is 1.96. The zero-order chi connectivity index (χ0) is 18.3. The van der Waals surface area contributed by atoms with Gasteiger partial charge in [-0.25, -0.2) is 0 Å². The van der Waals surface area contributed by atoms with Crippen molar-refractivity contribution in [2.45, 2.75) is 50.2 Å². The maximum atomic E-state index is 12.8. The first-order valence-electron chi connectivity index (χ1n) is 9.85. The van der Waals surface area contributed by atoms with Crippen LogP contribution in [0.1, 0.15) is 38.5 Å². The first-order chi connectivity index (χ1) is 12.3. The summed E-state index contributed by atoms with van der Waals surface area (Å²) in [6.45, 7) is 1.89. The van der Waals surface area contributed by atoms with Gasteiger partial charge in [-0.3, -0.25) is 14.4 Å². The number of hydrogen-bond acceptors (Lipinski definition) is 4. The largest absolute Gasteiger partial charge is 0.383 e. The highest BCUT2D eigenvalue weighted by atomic mass is 16.3. The van der Waals surface area contributed by atoms with E-state index in [-0.39, 0.29) is 18.2 Å². The van der Waals surface area contributed by atoms with Crippen LogP contribution in [0.2, 0.25) is 0 Å². The number of hydrogen-bond donors (Lipinski definition) is 1. The summed E-state index contributed by atoms with van der Waals surface area (Å²) < 4.78 is 0.781. The number of quaternary nitrogens is 1. The molecule has 5 nitrogen and oxygen atoms in total. The molecule has 5 aliphatic rings. The highest BCUT2D eigenvalue weighted by Crippen LogP contribution is 2.62. The van der Waals surface area contributed by atoms with Crippen LogP contribution < -0.4 is 0 Å². The monoisotopic (exact) mass is 356 g/mol. The molecule has 2 bridgehead atoms. The van der Waals surface area contributed by atoms with Gasteiger partial charge in [0.2, 0.25) is 11.6 Å². The van der Waals surface area contributed by atoms with E-state index in [1.807, 2.05) is 0 Å². The zero-order valence-electron chi connectivity index (χ0n) is 15.2. The molecule has 5 heteroatoms. The number of likely N-dealkylation sites (N-methyl/N-ethyl adjacent to an activating group) is 1. The summed E-state index contributed by atoms with van der Waals surface area (Å²) >= 11 is 0. The summed E-state index contributed by atoms with van der Waals surface area (Å²) in [5, 5.41) is 12.0. The predicted octanol–water partition coefficient (Wildman–Crippen LogP) is 1.35. The van der Waals surface area contributed by atoms with Crippen molar-refractivity contribution < 1.29 is 24.0 Å². The number of piperidine rings is 1. The van der Waals surface area contributed by atoms with Gasteiger partial charge >= 0.3 is 0 Å². The standard InChI is InChI=1S/C21H26NO4/c1-22(12-13-2-3-13)9-8-20-11-15(23)6-7-21(20,26)17(22)10-14-4-5-16(24)19(25)18(14)20/h4-5,10,13,17-18,26H,2-3,6-9,11-12H2,1H3/q+1/t17-,18?,20?,21-,22?/m1/s1. The van der Waals surface area contributed by atoms with E-state index in [1.165, 1.54) is 18.9 Å². The Kier molecular flexibility index (Phi) is 3.20. The van der Waals surface area contributed by atoms with E-state index in [9.17, 15) is 19.5 Å². The molecule has 4 aliphatic carbocycles. The van der Waals surface area contributed by atoms with Crippen LogP contribution in [0.5, 0.6) is 0 Å². The van der Waals surface area contributed by atoms with Gasteiger partial charge < -0.3 is 9.59 Å². The molecule has 2 saturated carbocycles. The fourth-order valence-corrected chi connectivity index (χ4v) is 6.49. The molecular weight excluding hydrogens is 330 g/mol. The van der Waals surface area contributed by atoms with Crippen LogP contribution in [0.25, 0.3) is 0 Å². The Bertz CT molecular complexity index is 794. The summed E-state index contributed by atoms with van der Waals surface area (Å²) in [7, 11) is 2.22. The molecule has 0 radical (unpaired) electrons. The van der Waals surface area contributed by atoms with Crippen LogP contribution in [0.4, 0.5) is 0 Å². The van der Waals surface area contributed by atoms with Gasteiger partial charge in [0.15, 0.2) is 0 Å². The lowest BCUT2D eigenvalue weighted by Crippen LogP contribution is -2.78. The number of nitrogens with zero attached hydrogens (tertiary/aromatic N) is 1. The number of carbonyl (C=O) groups excluding carboxylic acids is 3. The molecule has 5 rings (SSSR count). The van der Waals surface area contributed by atoms with Gasteiger partial charge in [0.05, 0.1) is 26.1 Å². The maximum Gasteiger partial charge on any atom is 0.222 e. The van der Waals surface area contributed by atoms with Crippen molar-refractivity contribution in [3.8, 4) is 0 Å². The van der Waals surface area contributed by atoms with Crippen molar-refractivity contribution in [3.05, 3.63) is 23.8 Å². The minimum Gasteiger partial charge on any atom is -0.383 e. The summed E-state index contributed by atoms with van der Waals surface area (Å²) in [6.07, 6.45) is 9.32. The van der Waals surface area contributed by atoms with Crippen molar-refractivity contribution in [3.63, 3.8) is 0 Å². The second-order valence-electron chi connectivity index (χ2n) is 9.48. The smallest absolute Gasteiger partial charge is 0.222 e. The molecule has 0 aromatic rings. The Morgan fingerprint density at radius 1 is 1.19 bits per heavy atom. The molecular formula is C21H26NO4+. The normalized spacial score (nSPS) is 47.3. The third-order valence-corrected chi connectivity index (χ3v) is 7.93. The summed E-state index contributed by atoms with van der Waals surface area (Å²) in [4.78, 5) is 37.4. The lowest BCUT2D eigenvalue weighted by molar-refractivity contribution is -0.945. The topological polar surface area (TPSA) is 71.4 Å². The minimum atomic E-state index is -1.09. The van der Waals surface area contributed by atoms with E-state index in [2.05, 4.69) is 13.1 Å². The van der Waals surface area contributed by atoms with E-state index in [1.54, 1.807) is 6.08 Å². The summed E-state index contributed by atoms with van der Waals surface area (Å²) in [5.74, 6) is -0.754. The molecule has 3 fully saturated rings. The molecule has 1 N–H and O–H groups in total. The van der Waals surface area contributed by atoms with Crippen LogP contribution in [-0.4, -0.2) is 58.7 Å². The van der Waals surface area contributed by atoms with Crippen LogP contribution >= 0.6 is 0 Å². The van der Waals surface area contributed by atoms with Crippen LogP contribution in [0.15, 0.2) is 23.8 Å².